The van der Waals surface area contributed by atoms with Crippen LogP contribution in [0.3, 0.4) is 0 Å². The van der Waals surface area contributed by atoms with E-state index in [4.69, 9.17) is 16.9 Å². The van der Waals surface area contributed by atoms with Crippen LogP contribution in [0.1, 0.15) is 11.3 Å². The zero-order chi connectivity index (χ0) is 14.2. The Kier molecular flexibility index (Phi) is 3.52. The molecule has 0 spiro atoms. The van der Waals surface area contributed by atoms with Crippen molar-refractivity contribution in [2.75, 3.05) is 0 Å². The van der Waals surface area contributed by atoms with Gasteiger partial charge in [-0.25, -0.2) is 4.68 Å². The lowest BCUT2D eigenvalue weighted by molar-refractivity contribution is -0.141. The lowest BCUT2D eigenvalue weighted by Gasteiger charge is -2.03. The Bertz CT molecular complexity index is 674. The van der Waals surface area contributed by atoms with Gasteiger partial charge in [0.05, 0.1) is 11.9 Å². The number of alkyl halides is 3. The first-order valence-corrected chi connectivity index (χ1v) is 5.88. The molecule has 0 atom stereocenters. The van der Waals surface area contributed by atoms with Gasteiger partial charge in [-0.15, -0.1) is 0 Å². The third-order valence-corrected chi connectivity index (χ3v) is 2.93. The first-order valence-electron chi connectivity index (χ1n) is 4.71. The molecule has 0 bridgehead atoms. The Morgan fingerprint density at radius 1 is 1.37 bits per heavy atom. The number of rotatable bonds is 1. The van der Waals surface area contributed by atoms with Crippen LogP contribution in [-0.2, 0) is 6.18 Å². The second-order valence-corrected chi connectivity index (χ2v) is 4.67. The van der Waals surface area contributed by atoms with Crippen LogP contribution in [0.4, 0.5) is 13.2 Å². The average molecular weight is 352 g/mol. The molecule has 2 aromatic heterocycles. The number of pyridine rings is 1. The number of nitrogens with zero attached hydrogens (tertiary/aromatic N) is 4. The van der Waals surface area contributed by atoms with Crippen molar-refractivity contribution in [3.8, 4) is 11.8 Å². The Labute approximate surface area is 118 Å². The fraction of sp³-hybridized carbons (Fsp3) is 0.100. The molecule has 0 aliphatic rings. The van der Waals surface area contributed by atoms with Gasteiger partial charge in [0.25, 0.3) is 0 Å². The van der Waals surface area contributed by atoms with Crippen molar-refractivity contribution in [2.24, 2.45) is 0 Å². The average Bonchev–Trinajstić information content (AvgIpc) is 2.66. The smallest absolute Gasteiger partial charge is 0.261 e. The van der Waals surface area contributed by atoms with E-state index in [2.05, 4.69) is 26.0 Å². The van der Waals surface area contributed by atoms with Crippen molar-refractivity contribution in [1.29, 1.82) is 5.26 Å². The van der Waals surface area contributed by atoms with E-state index in [1.54, 1.807) is 0 Å². The maximum Gasteiger partial charge on any atom is 0.436 e. The largest absolute Gasteiger partial charge is 0.436 e. The number of hydrogen-bond acceptors (Lipinski definition) is 3. The van der Waals surface area contributed by atoms with Crippen LogP contribution in [0, 0.1) is 11.3 Å². The van der Waals surface area contributed by atoms with Gasteiger partial charge in [0.15, 0.2) is 10.8 Å². The summed E-state index contributed by atoms with van der Waals surface area (Å²) in [7, 11) is 0. The van der Waals surface area contributed by atoms with Crippen molar-refractivity contribution in [3.63, 3.8) is 0 Å². The van der Waals surface area contributed by atoms with Gasteiger partial charge in [0, 0.05) is 10.7 Å². The van der Waals surface area contributed by atoms with Crippen molar-refractivity contribution >= 4 is 27.5 Å². The van der Waals surface area contributed by atoms with Crippen LogP contribution in [-0.4, -0.2) is 14.8 Å². The highest BCUT2D eigenvalue weighted by Gasteiger charge is 2.39. The standard InChI is InChI=1S/C10H3BrClF3N4/c11-5-1-6(4-17-3-5)19-9(12)7(2-16)8(18-19)10(13,14)15/h1,3-4H. The Balaban J connectivity index is 2.68. The van der Waals surface area contributed by atoms with E-state index in [9.17, 15) is 13.2 Å². The molecule has 0 aromatic carbocycles. The lowest BCUT2D eigenvalue weighted by atomic mass is 10.2. The van der Waals surface area contributed by atoms with Crippen molar-refractivity contribution < 1.29 is 13.2 Å². The van der Waals surface area contributed by atoms with E-state index in [1.807, 2.05) is 0 Å². The number of aromatic nitrogens is 3. The van der Waals surface area contributed by atoms with Crippen molar-refractivity contribution in [3.05, 3.63) is 39.3 Å². The van der Waals surface area contributed by atoms with Gasteiger partial charge in [0.2, 0.25) is 0 Å². The maximum absolute atomic E-state index is 12.7. The molecule has 0 aliphatic carbocycles. The summed E-state index contributed by atoms with van der Waals surface area (Å²) in [4.78, 5) is 3.80. The molecule has 0 N–H and O–H groups in total. The van der Waals surface area contributed by atoms with Gasteiger partial charge in [-0.2, -0.15) is 23.5 Å². The van der Waals surface area contributed by atoms with Crippen LogP contribution in [0.15, 0.2) is 22.9 Å². The van der Waals surface area contributed by atoms with Crippen molar-refractivity contribution in [1.82, 2.24) is 14.8 Å². The minimum absolute atomic E-state index is 0.214. The van der Waals surface area contributed by atoms with E-state index in [0.717, 1.165) is 4.68 Å². The Morgan fingerprint density at radius 2 is 2.05 bits per heavy atom. The normalized spacial score (nSPS) is 11.4. The second-order valence-electron chi connectivity index (χ2n) is 3.40. The Morgan fingerprint density at radius 3 is 2.53 bits per heavy atom. The molecular weight excluding hydrogens is 348 g/mol. The fourth-order valence-corrected chi connectivity index (χ4v) is 2.00. The van der Waals surface area contributed by atoms with Gasteiger partial charge in [-0.3, -0.25) is 4.98 Å². The molecule has 0 radical (unpaired) electrons. The summed E-state index contributed by atoms with van der Waals surface area (Å²) in [6.45, 7) is 0. The Hall–Kier alpha value is -1.59. The molecule has 0 saturated carbocycles. The van der Waals surface area contributed by atoms with Crippen LogP contribution in [0.2, 0.25) is 5.15 Å². The summed E-state index contributed by atoms with van der Waals surface area (Å²) < 4.78 is 39.5. The molecular formula is C10H3BrClF3N4. The summed E-state index contributed by atoms with van der Waals surface area (Å²) >= 11 is 8.89. The topological polar surface area (TPSA) is 54.5 Å². The highest BCUT2D eigenvalue weighted by molar-refractivity contribution is 9.10. The predicted octanol–water partition coefficient (Wildman–Crippen LogP) is 3.57. The molecule has 2 rings (SSSR count). The molecule has 0 saturated heterocycles. The zero-order valence-corrected chi connectivity index (χ0v) is 11.3. The monoisotopic (exact) mass is 350 g/mol. The maximum atomic E-state index is 12.7. The molecule has 4 nitrogen and oxygen atoms in total. The zero-order valence-electron chi connectivity index (χ0n) is 8.91. The molecule has 0 fully saturated rings. The summed E-state index contributed by atoms with van der Waals surface area (Å²) in [6, 6.07) is 2.89. The van der Waals surface area contributed by atoms with Gasteiger partial charge in [-0.05, 0) is 22.0 Å². The van der Waals surface area contributed by atoms with E-state index in [-0.39, 0.29) is 5.69 Å². The van der Waals surface area contributed by atoms with Crippen LogP contribution in [0.25, 0.3) is 5.69 Å². The molecule has 9 heteroatoms. The van der Waals surface area contributed by atoms with Crippen LogP contribution in [0.5, 0.6) is 0 Å². The highest BCUT2D eigenvalue weighted by atomic mass is 79.9. The van der Waals surface area contributed by atoms with E-state index >= 15 is 0 Å². The van der Waals surface area contributed by atoms with Gasteiger partial charge in [0.1, 0.15) is 11.6 Å². The molecule has 0 unspecified atom stereocenters. The minimum atomic E-state index is -4.75. The number of halogens is 5. The SMILES string of the molecule is N#Cc1c(C(F)(F)F)nn(-c2cncc(Br)c2)c1Cl. The third kappa shape index (κ3) is 2.57. The van der Waals surface area contributed by atoms with Gasteiger partial charge in [-0.1, -0.05) is 11.6 Å². The molecule has 98 valence electrons. The number of nitriles is 1. The van der Waals surface area contributed by atoms with Crippen molar-refractivity contribution in [2.45, 2.75) is 6.18 Å². The molecule has 2 heterocycles. The van der Waals surface area contributed by atoms with E-state index < -0.39 is 22.6 Å². The van der Waals surface area contributed by atoms with Gasteiger partial charge < -0.3 is 0 Å². The second kappa shape index (κ2) is 4.83. The quantitative estimate of drug-likeness (QED) is 0.789. The summed E-state index contributed by atoms with van der Waals surface area (Å²) in [6.07, 6.45) is -2.01. The highest BCUT2D eigenvalue weighted by Crippen LogP contribution is 2.35. The fourth-order valence-electron chi connectivity index (χ4n) is 1.38. The number of hydrogen-bond donors (Lipinski definition) is 0. The van der Waals surface area contributed by atoms with Gasteiger partial charge >= 0.3 is 6.18 Å². The van der Waals surface area contributed by atoms with E-state index in [0.29, 0.717) is 4.47 Å². The van der Waals surface area contributed by atoms with Crippen LogP contribution >= 0.6 is 27.5 Å². The molecule has 0 amide bonds. The minimum Gasteiger partial charge on any atom is -0.261 e. The predicted molar refractivity (Wildman–Crippen MR) is 63.8 cm³/mol. The summed E-state index contributed by atoms with van der Waals surface area (Å²) in [5, 5.41) is 11.7. The lowest BCUT2D eigenvalue weighted by Crippen LogP contribution is -2.08. The summed E-state index contributed by atoms with van der Waals surface area (Å²) in [5.74, 6) is 0. The molecule has 19 heavy (non-hydrogen) atoms. The molecule has 2 aromatic rings. The van der Waals surface area contributed by atoms with Crippen LogP contribution < -0.4 is 0 Å². The first-order chi connectivity index (χ1) is 8.84. The molecule has 0 aliphatic heterocycles. The third-order valence-electron chi connectivity index (χ3n) is 2.14. The first kappa shape index (κ1) is 13.8. The van der Waals surface area contributed by atoms with E-state index in [1.165, 1.54) is 24.5 Å². The summed E-state index contributed by atoms with van der Waals surface area (Å²) in [5.41, 5.74) is -1.82.